The molecule has 0 bridgehead atoms. The van der Waals surface area contributed by atoms with Crippen LogP contribution in [0.1, 0.15) is 0 Å². The Morgan fingerprint density at radius 2 is 1.77 bits per heavy atom. The van der Waals surface area contributed by atoms with Gasteiger partial charge in [-0.25, -0.2) is 9.97 Å². The number of imidazole rings is 1. The van der Waals surface area contributed by atoms with Gasteiger partial charge in [0.1, 0.15) is 5.52 Å². The molecule has 4 nitrogen and oxygen atoms in total. The first-order valence-corrected chi connectivity index (χ1v) is 7.32. The molecule has 0 N–H and O–H groups in total. The summed E-state index contributed by atoms with van der Waals surface area (Å²) in [6.07, 6.45) is 3.65. The number of halogens is 1. The van der Waals surface area contributed by atoms with Crippen LogP contribution in [-0.4, -0.2) is 21.4 Å². The fourth-order valence-electron chi connectivity index (χ4n) is 2.62. The molecule has 108 valence electrons. The van der Waals surface area contributed by atoms with E-state index in [2.05, 4.69) is 9.38 Å². The molecular formula is C17H13ClN4. The largest absolute Gasteiger partial charge is 0.328 e. The summed E-state index contributed by atoms with van der Waals surface area (Å²) < 4.78 is 2.06. The van der Waals surface area contributed by atoms with Gasteiger partial charge in [-0.15, -0.1) is 0 Å². The van der Waals surface area contributed by atoms with E-state index in [9.17, 15) is 0 Å². The summed E-state index contributed by atoms with van der Waals surface area (Å²) in [7, 11) is 1.99. The van der Waals surface area contributed by atoms with Crippen LogP contribution in [0.4, 0.5) is 11.5 Å². The van der Waals surface area contributed by atoms with E-state index in [-0.39, 0.29) is 0 Å². The molecule has 4 rings (SSSR count). The lowest BCUT2D eigenvalue weighted by atomic mass is 10.2. The fourth-order valence-corrected chi connectivity index (χ4v) is 2.75. The Bertz CT molecular complexity index is 959. The molecule has 4 aromatic rings. The van der Waals surface area contributed by atoms with Gasteiger partial charge in [-0.1, -0.05) is 23.7 Å². The number of nitrogens with zero attached hydrogens (tertiary/aromatic N) is 4. The lowest BCUT2D eigenvalue weighted by molar-refractivity contribution is 1.12. The van der Waals surface area contributed by atoms with Crippen LogP contribution in [0.5, 0.6) is 0 Å². The lowest BCUT2D eigenvalue weighted by Crippen LogP contribution is -2.12. The zero-order valence-electron chi connectivity index (χ0n) is 11.9. The zero-order valence-corrected chi connectivity index (χ0v) is 12.7. The molecule has 0 aliphatic rings. The second kappa shape index (κ2) is 5.00. The first kappa shape index (κ1) is 13.1. The van der Waals surface area contributed by atoms with Gasteiger partial charge in [0.15, 0.2) is 5.82 Å². The van der Waals surface area contributed by atoms with Crippen molar-refractivity contribution in [2.24, 2.45) is 0 Å². The van der Waals surface area contributed by atoms with E-state index >= 15 is 0 Å². The highest BCUT2D eigenvalue weighted by Gasteiger charge is 2.13. The summed E-state index contributed by atoms with van der Waals surface area (Å²) in [5.74, 6) is 0.860. The monoisotopic (exact) mass is 308 g/mol. The number of fused-ring (bicyclic) bond motifs is 3. The molecule has 2 aromatic heterocycles. The van der Waals surface area contributed by atoms with Gasteiger partial charge >= 0.3 is 0 Å². The summed E-state index contributed by atoms with van der Waals surface area (Å²) in [6, 6.07) is 15.8. The second-order valence-electron chi connectivity index (χ2n) is 5.11. The first-order chi connectivity index (χ1) is 10.7. The van der Waals surface area contributed by atoms with Gasteiger partial charge in [-0.05, 0) is 36.4 Å². The highest BCUT2D eigenvalue weighted by atomic mass is 35.5. The molecule has 0 saturated heterocycles. The van der Waals surface area contributed by atoms with Crippen LogP contribution in [0.2, 0.25) is 5.02 Å². The molecule has 0 aliphatic heterocycles. The van der Waals surface area contributed by atoms with E-state index in [1.54, 1.807) is 0 Å². The zero-order chi connectivity index (χ0) is 15.1. The van der Waals surface area contributed by atoms with E-state index in [1.807, 2.05) is 73.0 Å². The minimum atomic E-state index is 0.720. The summed E-state index contributed by atoms with van der Waals surface area (Å²) >= 11 is 5.97. The molecule has 0 unspecified atom stereocenters. The maximum atomic E-state index is 5.97. The van der Waals surface area contributed by atoms with Crippen LogP contribution >= 0.6 is 11.6 Å². The number of benzene rings is 2. The molecule has 5 heteroatoms. The number of anilines is 2. The number of para-hydroxylation sites is 2. The highest BCUT2D eigenvalue weighted by molar-refractivity contribution is 6.30. The smallest absolute Gasteiger partial charge is 0.159 e. The minimum absolute atomic E-state index is 0.720. The van der Waals surface area contributed by atoms with Crippen molar-refractivity contribution in [1.82, 2.24) is 14.4 Å². The van der Waals surface area contributed by atoms with Gasteiger partial charge in [0, 0.05) is 17.8 Å². The maximum absolute atomic E-state index is 5.97. The molecule has 2 aromatic carbocycles. The number of rotatable bonds is 2. The normalized spacial score (nSPS) is 11.2. The summed E-state index contributed by atoms with van der Waals surface area (Å²) in [4.78, 5) is 11.1. The summed E-state index contributed by atoms with van der Waals surface area (Å²) in [5, 5.41) is 0.720. The molecule has 0 fully saturated rings. The Balaban J connectivity index is 1.96. The van der Waals surface area contributed by atoms with Crippen molar-refractivity contribution >= 4 is 39.7 Å². The van der Waals surface area contributed by atoms with Gasteiger partial charge in [-0.3, -0.25) is 4.40 Å². The molecule has 0 spiro atoms. The van der Waals surface area contributed by atoms with Gasteiger partial charge in [-0.2, -0.15) is 0 Å². The van der Waals surface area contributed by atoms with Crippen molar-refractivity contribution in [2.75, 3.05) is 11.9 Å². The average Bonchev–Trinajstić information content (AvgIpc) is 3.04. The van der Waals surface area contributed by atoms with Gasteiger partial charge in [0.05, 0.1) is 23.6 Å². The Kier molecular flexibility index (Phi) is 2.98. The summed E-state index contributed by atoms with van der Waals surface area (Å²) in [6.45, 7) is 0. The van der Waals surface area contributed by atoms with E-state index in [1.165, 1.54) is 0 Å². The quantitative estimate of drug-likeness (QED) is 0.553. The molecule has 0 radical (unpaired) electrons. The van der Waals surface area contributed by atoms with Gasteiger partial charge < -0.3 is 4.90 Å². The van der Waals surface area contributed by atoms with Crippen LogP contribution in [0.3, 0.4) is 0 Å². The number of aromatic nitrogens is 3. The Labute approximate surface area is 132 Å². The van der Waals surface area contributed by atoms with Crippen molar-refractivity contribution in [3.63, 3.8) is 0 Å². The van der Waals surface area contributed by atoms with Gasteiger partial charge in [0.2, 0.25) is 0 Å². The van der Waals surface area contributed by atoms with Crippen LogP contribution in [-0.2, 0) is 0 Å². The van der Waals surface area contributed by atoms with Crippen molar-refractivity contribution in [3.05, 3.63) is 66.1 Å². The van der Waals surface area contributed by atoms with Crippen LogP contribution < -0.4 is 4.90 Å². The Morgan fingerprint density at radius 1 is 1.00 bits per heavy atom. The number of hydrogen-bond donors (Lipinski definition) is 0. The van der Waals surface area contributed by atoms with Crippen molar-refractivity contribution in [3.8, 4) is 0 Å². The Morgan fingerprint density at radius 3 is 2.59 bits per heavy atom. The molecular weight excluding hydrogens is 296 g/mol. The SMILES string of the molecule is CN(c1ccc(Cl)cc1)c1nc2ccccc2n2cncc12. The van der Waals surface area contributed by atoms with E-state index in [4.69, 9.17) is 16.6 Å². The van der Waals surface area contributed by atoms with Crippen molar-refractivity contribution in [1.29, 1.82) is 0 Å². The predicted molar refractivity (Wildman–Crippen MR) is 90.0 cm³/mol. The lowest BCUT2D eigenvalue weighted by Gasteiger charge is -2.20. The number of hydrogen-bond acceptors (Lipinski definition) is 3. The Hall–Kier alpha value is -2.59. The molecule has 0 aliphatic carbocycles. The highest BCUT2D eigenvalue weighted by Crippen LogP contribution is 2.29. The van der Waals surface area contributed by atoms with Crippen LogP contribution in [0, 0.1) is 0 Å². The fraction of sp³-hybridized carbons (Fsp3) is 0.0588. The van der Waals surface area contributed by atoms with Crippen LogP contribution in [0.25, 0.3) is 16.6 Å². The average molecular weight is 309 g/mol. The third-order valence-corrected chi connectivity index (χ3v) is 4.02. The molecule has 0 saturated carbocycles. The van der Waals surface area contributed by atoms with Crippen LogP contribution in [0.15, 0.2) is 61.1 Å². The summed E-state index contributed by atoms with van der Waals surface area (Å²) in [5.41, 5.74) is 3.97. The van der Waals surface area contributed by atoms with E-state index in [0.717, 1.165) is 33.1 Å². The topological polar surface area (TPSA) is 33.4 Å². The second-order valence-corrected chi connectivity index (χ2v) is 5.54. The third-order valence-electron chi connectivity index (χ3n) is 3.77. The van der Waals surface area contributed by atoms with Crippen molar-refractivity contribution < 1.29 is 0 Å². The minimum Gasteiger partial charge on any atom is -0.328 e. The standard InChI is InChI=1S/C17H13ClN4/c1-21(13-8-6-12(18)7-9-13)17-16-10-19-11-22(16)15-5-3-2-4-14(15)20-17/h2-11H,1H3. The molecule has 0 atom stereocenters. The molecule has 22 heavy (non-hydrogen) atoms. The third kappa shape index (κ3) is 2.00. The first-order valence-electron chi connectivity index (χ1n) is 6.94. The van der Waals surface area contributed by atoms with Gasteiger partial charge in [0.25, 0.3) is 0 Å². The van der Waals surface area contributed by atoms with E-state index in [0.29, 0.717) is 0 Å². The molecule has 0 amide bonds. The maximum Gasteiger partial charge on any atom is 0.159 e. The van der Waals surface area contributed by atoms with E-state index < -0.39 is 0 Å². The van der Waals surface area contributed by atoms with Crippen molar-refractivity contribution in [2.45, 2.75) is 0 Å². The molecule has 2 heterocycles. The predicted octanol–water partition coefficient (Wildman–Crippen LogP) is 4.30.